The van der Waals surface area contributed by atoms with Gasteiger partial charge in [0.1, 0.15) is 18.3 Å². The fraction of sp³-hybridized carbons (Fsp3) is 0.533. The Kier molecular flexibility index (Phi) is 3.00. The fourth-order valence-corrected chi connectivity index (χ4v) is 3.31. The van der Waals surface area contributed by atoms with Crippen LogP contribution in [0.15, 0.2) is 30.3 Å². The molecule has 0 radical (unpaired) electrons. The van der Waals surface area contributed by atoms with Crippen LogP contribution < -0.4 is 0 Å². The lowest BCUT2D eigenvalue weighted by Crippen LogP contribution is -2.73. The number of esters is 1. The van der Waals surface area contributed by atoms with Gasteiger partial charge in [0.05, 0.1) is 11.7 Å². The van der Waals surface area contributed by atoms with Crippen LogP contribution in [0.3, 0.4) is 0 Å². The fourth-order valence-electron chi connectivity index (χ4n) is 3.31. The maximum atomic E-state index is 12.2. The minimum atomic E-state index is -0.815. The average Bonchev–Trinajstić information content (AvgIpc) is 2.51. The first-order chi connectivity index (χ1) is 10.1. The van der Waals surface area contributed by atoms with Crippen molar-refractivity contribution in [1.82, 2.24) is 0 Å². The number of carbonyl (C=O) groups is 1. The van der Waals surface area contributed by atoms with Crippen LogP contribution in [0.1, 0.15) is 17.3 Å². The molecule has 112 valence electrons. The third-order valence-electron chi connectivity index (χ3n) is 4.41. The minimum absolute atomic E-state index is 0.0648. The van der Waals surface area contributed by atoms with E-state index in [2.05, 4.69) is 0 Å². The number of hydrogen-bond donors (Lipinski definition) is 1. The van der Waals surface area contributed by atoms with E-state index < -0.39 is 30.8 Å². The van der Waals surface area contributed by atoms with Crippen LogP contribution in [0.5, 0.6) is 0 Å². The van der Waals surface area contributed by atoms with Crippen molar-refractivity contribution in [2.24, 2.45) is 5.92 Å². The molecule has 4 bridgehead atoms. The van der Waals surface area contributed by atoms with E-state index in [1.54, 1.807) is 24.3 Å². The highest BCUT2D eigenvalue weighted by atomic mass is 16.9. The molecule has 1 aliphatic carbocycles. The van der Waals surface area contributed by atoms with Gasteiger partial charge in [0, 0.05) is 5.92 Å². The number of carbonyl (C=O) groups excluding carboxylic acids is 1. The number of hydrogen-bond acceptors (Lipinski definition) is 6. The molecule has 1 aromatic rings. The smallest absolute Gasteiger partial charge is 0.338 e. The number of rotatable bonds is 2. The van der Waals surface area contributed by atoms with Crippen LogP contribution in [0.2, 0.25) is 0 Å². The Balaban J connectivity index is 1.56. The lowest BCUT2D eigenvalue weighted by atomic mass is 9.77. The van der Waals surface area contributed by atoms with Gasteiger partial charge in [0.15, 0.2) is 6.10 Å². The van der Waals surface area contributed by atoms with E-state index in [1.807, 2.05) is 13.0 Å². The number of benzene rings is 1. The Bertz CT molecular complexity index is 526. The van der Waals surface area contributed by atoms with Gasteiger partial charge in [-0.2, -0.15) is 0 Å². The van der Waals surface area contributed by atoms with Gasteiger partial charge in [-0.15, -0.1) is 0 Å². The van der Waals surface area contributed by atoms with E-state index in [0.717, 1.165) is 0 Å². The summed E-state index contributed by atoms with van der Waals surface area (Å²) in [6, 6.07) is 8.73. The first-order valence-electron chi connectivity index (χ1n) is 7.05. The van der Waals surface area contributed by atoms with Crippen molar-refractivity contribution in [2.45, 2.75) is 43.9 Å². The Morgan fingerprint density at radius 2 is 1.76 bits per heavy atom. The number of aliphatic hydroxyl groups excluding tert-OH is 1. The molecular weight excluding hydrogens is 276 g/mol. The molecule has 3 heterocycles. The third-order valence-corrected chi connectivity index (χ3v) is 4.41. The molecule has 0 spiro atoms. The van der Waals surface area contributed by atoms with Crippen LogP contribution >= 0.6 is 0 Å². The van der Waals surface area contributed by atoms with Crippen molar-refractivity contribution in [3.8, 4) is 0 Å². The highest BCUT2D eigenvalue weighted by Crippen LogP contribution is 2.44. The van der Waals surface area contributed by atoms with Crippen molar-refractivity contribution < 1.29 is 28.8 Å². The van der Waals surface area contributed by atoms with Crippen molar-refractivity contribution >= 4 is 5.97 Å². The lowest BCUT2D eigenvalue weighted by Gasteiger charge is -2.57. The zero-order valence-corrected chi connectivity index (χ0v) is 11.4. The first kappa shape index (κ1) is 13.2. The van der Waals surface area contributed by atoms with Gasteiger partial charge in [-0.25, -0.2) is 4.79 Å². The Morgan fingerprint density at radius 1 is 1.10 bits per heavy atom. The van der Waals surface area contributed by atoms with E-state index in [4.69, 9.17) is 18.9 Å². The van der Waals surface area contributed by atoms with Gasteiger partial charge in [0.25, 0.3) is 6.48 Å². The highest BCUT2D eigenvalue weighted by molar-refractivity contribution is 5.89. The molecule has 1 N–H and O–H groups in total. The molecule has 3 aliphatic heterocycles. The second-order valence-corrected chi connectivity index (χ2v) is 5.68. The Labute approximate surface area is 121 Å². The molecule has 4 fully saturated rings. The normalized spacial score (nSPS) is 43.8. The number of aliphatic hydroxyl groups is 1. The molecule has 3 saturated heterocycles. The van der Waals surface area contributed by atoms with E-state index in [1.165, 1.54) is 0 Å². The van der Waals surface area contributed by atoms with E-state index in [0.29, 0.717) is 5.56 Å². The van der Waals surface area contributed by atoms with Gasteiger partial charge < -0.3 is 24.1 Å². The summed E-state index contributed by atoms with van der Waals surface area (Å²) in [4.78, 5) is 12.2. The molecule has 4 aliphatic rings. The number of ether oxygens (including phenoxy) is 4. The summed E-state index contributed by atoms with van der Waals surface area (Å²) in [5.41, 5.74) is 0.463. The molecule has 0 amide bonds. The second-order valence-electron chi connectivity index (χ2n) is 5.68. The van der Waals surface area contributed by atoms with Crippen molar-refractivity contribution in [1.29, 1.82) is 0 Å². The molecule has 1 aromatic carbocycles. The standard InChI is InChI=1S/C15H16O6/c1-7-10-9(16)12-13(11(7)20-15(19-10)21-12)18-14(17)8-5-3-2-4-6-8/h2-7,9-13,15-16H,1H3/t7?,9-,10-,11?,12?,13+,15?/m1/s1. The van der Waals surface area contributed by atoms with E-state index in [-0.39, 0.29) is 18.1 Å². The largest absolute Gasteiger partial charge is 0.453 e. The predicted octanol–water partition coefficient (Wildman–Crippen LogP) is 0.689. The predicted molar refractivity (Wildman–Crippen MR) is 69.2 cm³/mol. The van der Waals surface area contributed by atoms with Gasteiger partial charge in [-0.1, -0.05) is 25.1 Å². The van der Waals surface area contributed by atoms with Crippen LogP contribution in [0.4, 0.5) is 0 Å². The molecule has 6 nitrogen and oxygen atoms in total. The maximum absolute atomic E-state index is 12.2. The molecule has 0 aromatic heterocycles. The molecule has 21 heavy (non-hydrogen) atoms. The summed E-state index contributed by atoms with van der Waals surface area (Å²) in [5.74, 6) is -0.509. The van der Waals surface area contributed by atoms with Crippen LogP contribution in [0, 0.1) is 5.92 Å². The molecule has 6 heteroatoms. The van der Waals surface area contributed by atoms with Gasteiger partial charge >= 0.3 is 5.97 Å². The van der Waals surface area contributed by atoms with Gasteiger partial charge in [-0.3, -0.25) is 0 Å². The van der Waals surface area contributed by atoms with Crippen molar-refractivity contribution in [2.75, 3.05) is 0 Å². The topological polar surface area (TPSA) is 74.2 Å². The van der Waals surface area contributed by atoms with Gasteiger partial charge in [0.2, 0.25) is 0 Å². The zero-order chi connectivity index (χ0) is 14.6. The summed E-state index contributed by atoms with van der Waals surface area (Å²) in [7, 11) is 0. The van der Waals surface area contributed by atoms with Crippen molar-refractivity contribution in [3.05, 3.63) is 35.9 Å². The maximum Gasteiger partial charge on any atom is 0.338 e. The Hall–Kier alpha value is -1.47. The van der Waals surface area contributed by atoms with Crippen LogP contribution in [-0.4, -0.2) is 48.1 Å². The summed E-state index contributed by atoms with van der Waals surface area (Å²) < 4.78 is 22.1. The SMILES string of the molecule is CC1C2OC3OC([C@H]2OC(=O)c2ccccc2)[C@H](O)[C@@H]1O3. The molecular formula is C15H16O6. The van der Waals surface area contributed by atoms with Crippen LogP contribution in [-0.2, 0) is 18.9 Å². The third kappa shape index (κ3) is 1.98. The zero-order valence-electron chi connectivity index (χ0n) is 11.4. The summed E-state index contributed by atoms with van der Waals surface area (Å²) in [6.07, 6.45) is -2.69. The first-order valence-corrected chi connectivity index (χ1v) is 7.05. The average molecular weight is 292 g/mol. The molecule has 4 unspecified atom stereocenters. The monoisotopic (exact) mass is 292 g/mol. The van der Waals surface area contributed by atoms with Gasteiger partial charge in [-0.05, 0) is 12.1 Å². The summed E-state index contributed by atoms with van der Waals surface area (Å²) >= 11 is 0. The minimum Gasteiger partial charge on any atom is -0.453 e. The molecule has 7 atom stereocenters. The quantitative estimate of drug-likeness (QED) is 0.808. The second kappa shape index (κ2) is 4.78. The molecule has 5 rings (SSSR count). The Morgan fingerprint density at radius 3 is 2.52 bits per heavy atom. The van der Waals surface area contributed by atoms with Crippen LogP contribution in [0.25, 0.3) is 0 Å². The van der Waals surface area contributed by atoms with E-state index >= 15 is 0 Å². The summed E-state index contributed by atoms with van der Waals surface area (Å²) in [5, 5.41) is 10.3. The molecule has 1 saturated carbocycles. The van der Waals surface area contributed by atoms with E-state index in [9.17, 15) is 9.90 Å². The summed E-state index contributed by atoms with van der Waals surface area (Å²) in [6.45, 7) is 1.15. The lowest BCUT2D eigenvalue weighted by molar-refractivity contribution is -0.474. The van der Waals surface area contributed by atoms with Crippen molar-refractivity contribution in [3.63, 3.8) is 0 Å². The highest BCUT2D eigenvalue weighted by Gasteiger charge is 2.61.